The summed E-state index contributed by atoms with van der Waals surface area (Å²) in [5, 5.41) is 11.4. The molecule has 2 N–H and O–H groups in total. The van der Waals surface area contributed by atoms with Gasteiger partial charge < -0.3 is 5.32 Å². The van der Waals surface area contributed by atoms with E-state index in [1.807, 2.05) is 37.3 Å². The molecule has 1 fully saturated rings. The van der Waals surface area contributed by atoms with Gasteiger partial charge in [-0.15, -0.1) is 0 Å². The number of hydrogen-bond donors (Lipinski definition) is 2. The Hall–Kier alpha value is -2.86. The van der Waals surface area contributed by atoms with E-state index in [1.54, 1.807) is 17.0 Å². The lowest BCUT2D eigenvalue weighted by atomic mass is 10.1. The number of carbonyl (C=O) groups excluding carboxylic acids is 2. The Kier molecular flexibility index (Phi) is 4.12. The van der Waals surface area contributed by atoms with Crippen molar-refractivity contribution in [2.45, 2.75) is 13.3 Å². The molecule has 6 nitrogen and oxygen atoms in total. The zero-order valence-corrected chi connectivity index (χ0v) is 14.9. The van der Waals surface area contributed by atoms with Gasteiger partial charge in [-0.1, -0.05) is 29.8 Å². The summed E-state index contributed by atoms with van der Waals surface area (Å²) < 4.78 is 0. The van der Waals surface area contributed by atoms with Gasteiger partial charge in [0.2, 0.25) is 11.8 Å². The van der Waals surface area contributed by atoms with Crippen molar-refractivity contribution in [1.82, 2.24) is 10.2 Å². The Morgan fingerprint density at radius 3 is 2.92 bits per heavy atom. The number of halogens is 1. The standard InChI is InChI=1S/C19H17ClN4O2/c1-11-6-7-16(14(20)8-11)21-19(26)12-9-17(25)24(10-12)18-13-4-2-3-5-15(13)22-23-18/h2-8,12H,9-10H2,1H3,(H,21,26)(H,22,23)/t12-/m1/s1. The number of aromatic nitrogens is 2. The zero-order valence-electron chi connectivity index (χ0n) is 14.1. The molecule has 7 heteroatoms. The molecule has 132 valence electrons. The molecule has 2 heterocycles. The molecule has 0 bridgehead atoms. The number of hydrogen-bond acceptors (Lipinski definition) is 3. The minimum Gasteiger partial charge on any atom is -0.324 e. The third-order valence-corrected chi connectivity index (χ3v) is 4.90. The fourth-order valence-electron chi connectivity index (χ4n) is 3.20. The second-order valence-corrected chi connectivity index (χ2v) is 6.88. The molecule has 1 aromatic heterocycles. The number of anilines is 2. The van der Waals surface area contributed by atoms with Gasteiger partial charge in [0, 0.05) is 18.4 Å². The lowest BCUT2D eigenvalue weighted by Gasteiger charge is -2.15. The van der Waals surface area contributed by atoms with Crippen LogP contribution in [0.15, 0.2) is 42.5 Å². The van der Waals surface area contributed by atoms with Crippen LogP contribution in [0.5, 0.6) is 0 Å². The zero-order chi connectivity index (χ0) is 18.3. The molecule has 4 rings (SSSR count). The molecule has 2 aromatic carbocycles. The number of carbonyl (C=O) groups is 2. The van der Waals surface area contributed by atoms with Gasteiger partial charge in [-0.25, -0.2) is 0 Å². The maximum atomic E-state index is 12.6. The minimum atomic E-state index is -0.449. The van der Waals surface area contributed by atoms with Crippen LogP contribution in [-0.4, -0.2) is 28.6 Å². The quantitative estimate of drug-likeness (QED) is 0.742. The number of aryl methyl sites for hydroxylation is 1. The van der Waals surface area contributed by atoms with Crippen LogP contribution in [-0.2, 0) is 9.59 Å². The van der Waals surface area contributed by atoms with Gasteiger partial charge in [-0.2, -0.15) is 5.10 Å². The summed E-state index contributed by atoms with van der Waals surface area (Å²) in [6.45, 7) is 2.22. The summed E-state index contributed by atoms with van der Waals surface area (Å²) in [6.07, 6.45) is 0.149. The first-order valence-electron chi connectivity index (χ1n) is 8.33. The molecular formula is C19H17ClN4O2. The smallest absolute Gasteiger partial charge is 0.229 e. The van der Waals surface area contributed by atoms with Gasteiger partial charge in [0.25, 0.3) is 0 Å². The van der Waals surface area contributed by atoms with Crippen molar-refractivity contribution in [3.05, 3.63) is 53.1 Å². The number of fused-ring (bicyclic) bond motifs is 1. The molecule has 0 saturated carbocycles. The van der Waals surface area contributed by atoms with Crippen molar-refractivity contribution in [1.29, 1.82) is 0 Å². The van der Waals surface area contributed by atoms with Crippen LogP contribution in [0.3, 0.4) is 0 Å². The number of para-hydroxylation sites is 1. The molecule has 26 heavy (non-hydrogen) atoms. The maximum Gasteiger partial charge on any atom is 0.229 e. The first-order chi connectivity index (χ1) is 12.5. The molecule has 1 aliphatic heterocycles. The van der Waals surface area contributed by atoms with E-state index < -0.39 is 5.92 Å². The molecule has 3 aromatic rings. The van der Waals surface area contributed by atoms with Gasteiger partial charge in [0.15, 0.2) is 5.82 Å². The van der Waals surface area contributed by atoms with E-state index in [1.165, 1.54) is 0 Å². The van der Waals surface area contributed by atoms with E-state index in [9.17, 15) is 9.59 Å². The molecule has 2 amide bonds. The summed E-state index contributed by atoms with van der Waals surface area (Å²) in [4.78, 5) is 26.6. The number of aromatic amines is 1. The van der Waals surface area contributed by atoms with Crippen molar-refractivity contribution >= 4 is 45.8 Å². The van der Waals surface area contributed by atoms with Gasteiger partial charge >= 0.3 is 0 Å². The SMILES string of the molecule is Cc1ccc(NC(=O)[C@@H]2CC(=O)N(c3n[nH]c4ccccc34)C2)c(Cl)c1. The van der Waals surface area contributed by atoms with Crippen molar-refractivity contribution < 1.29 is 9.59 Å². The molecule has 1 saturated heterocycles. The van der Waals surface area contributed by atoms with Crippen LogP contribution in [0.1, 0.15) is 12.0 Å². The second-order valence-electron chi connectivity index (χ2n) is 6.47. The highest BCUT2D eigenvalue weighted by molar-refractivity contribution is 6.33. The van der Waals surface area contributed by atoms with E-state index in [4.69, 9.17) is 11.6 Å². The van der Waals surface area contributed by atoms with Crippen molar-refractivity contribution in [3.8, 4) is 0 Å². The van der Waals surface area contributed by atoms with Crippen LogP contribution in [0, 0.1) is 12.8 Å². The molecule has 0 radical (unpaired) electrons. The number of rotatable bonds is 3. The monoisotopic (exact) mass is 368 g/mol. The Bertz CT molecular complexity index is 1010. The Morgan fingerprint density at radius 2 is 2.12 bits per heavy atom. The third kappa shape index (κ3) is 2.93. The normalized spacial score (nSPS) is 17.1. The summed E-state index contributed by atoms with van der Waals surface area (Å²) in [7, 11) is 0. The van der Waals surface area contributed by atoms with Gasteiger partial charge in [0.1, 0.15) is 0 Å². The van der Waals surface area contributed by atoms with Crippen molar-refractivity contribution in [3.63, 3.8) is 0 Å². The summed E-state index contributed by atoms with van der Waals surface area (Å²) in [5.74, 6) is -0.214. The van der Waals surface area contributed by atoms with E-state index in [-0.39, 0.29) is 18.2 Å². The van der Waals surface area contributed by atoms with Crippen LogP contribution in [0.2, 0.25) is 5.02 Å². The molecule has 0 aliphatic carbocycles. The highest BCUT2D eigenvalue weighted by Gasteiger charge is 2.37. The minimum absolute atomic E-state index is 0.114. The van der Waals surface area contributed by atoms with Crippen LogP contribution in [0.4, 0.5) is 11.5 Å². The van der Waals surface area contributed by atoms with Gasteiger partial charge in [0.05, 0.1) is 22.1 Å². The van der Waals surface area contributed by atoms with E-state index in [2.05, 4.69) is 15.5 Å². The lowest BCUT2D eigenvalue weighted by molar-refractivity contribution is -0.122. The molecule has 1 atom stereocenters. The molecule has 0 unspecified atom stereocenters. The highest BCUT2D eigenvalue weighted by atomic mass is 35.5. The number of nitrogens with zero attached hydrogens (tertiary/aromatic N) is 2. The number of amides is 2. The summed E-state index contributed by atoms with van der Waals surface area (Å²) in [6, 6.07) is 13.0. The fraction of sp³-hybridized carbons (Fsp3) is 0.211. The van der Waals surface area contributed by atoms with Crippen LogP contribution >= 0.6 is 11.6 Å². The van der Waals surface area contributed by atoms with Gasteiger partial charge in [-0.3, -0.25) is 19.6 Å². The van der Waals surface area contributed by atoms with Crippen LogP contribution in [0.25, 0.3) is 10.9 Å². The number of H-pyrrole nitrogens is 1. The van der Waals surface area contributed by atoms with Crippen molar-refractivity contribution in [2.24, 2.45) is 5.92 Å². The molecule has 0 spiro atoms. The second kappa shape index (κ2) is 6.46. The Balaban J connectivity index is 1.53. The predicted octanol–water partition coefficient (Wildman–Crippen LogP) is 3.52. The average molecular weight is 369 g/mol. The van der Waals surface area contributed by atoms with E-state index in [0.29, 0.717) is 23.1 Å². The third-order valence-electron chi connectivity index (χ3n) is 4.58. The lowest BCUT2D eigenvalue weighted by Crippen LogP contribution is -2.28. The van der Waals surface area contributed by atoms with E-state index >= 15 is 0 Å². The Morgan fingerprint density at radius 1 is 1.31 bits per heavy atom. The fourth-order valence-corrected chi connectivity index (χ4v) is 3.48. The predicted molar refractivity (Wildman–Crippen MR) is 101 cm³/mol. The summed E-state index contributed by atoms with van der Waals surface area (Å²) >= 11 is 6.18. The molecular weight excluding hydrogens is 352 g/mol. The largest absolute Gasteiger partial charge is 0.324 e. The van der Waals surface area contributed by atoms with Gasteiger partial charge in [-0.05, 0) is 36.8 Å². The molecule has 1 aliphatic rings. The number of benzene rings is 2. The van der Waals surface area contributed by atoms with Crippen LogP contribution < -0.4 is 10.2 Å². The Labute approximate surface area is 155 Å². The number of nitrogens with one attached hydrogen (secondary N) is 2. The van der Waals surface area contributed by atoms with Crippen molar-refractivity contribution in [2.75, 3.05) is 16.8 Å². The van der Waals surface area contributed by atoms with E-state index in [0.717, 1.165) is 16.5 Å². The highest BCUT2D eigenvalue weighted by Crippen LogP contribution is 2.31. The topological polar surface area (TPSA) is 78.1 Å². The summed E-state index contributed by atoms with van der Waals surface area (Å²) in [5.41, 5.74) is 2.42. The average Bonchev–Trinajstić information content (AvgIpc) is 3.20. The first kappa shape index (κ1) is 16.6. The maximum absolute atomic E-state index is 12.6. The first-order valence-corrected chi connectivity index (χ1v) is 8.71.